The number of carboxylic acid groups (broad SMARTS) is 1. The van der Waals surface area contributed by atoms with Crippen molar-refractivity contribution in [2.75, 3.05) is 19.8 Å². The minimum Gasteiger partial charge on any atom is -0.486 e. The van der Waals surface area contributed by atoms with Crippen molar-refractivity contribution in [1.82, 2.24) is 4.90 Å². The van der Waals surface area contributed by atoms with Crippen LogP contribution in [0, 0.1) is 11.6 Å². The number of ether oxygens (including phenoxy) is 2. The molecule has 1 amide bonds. The molecule has 0 atom stereocenters. The number of hydrogen-bond acceptors (Lipinski definition) is 4. The standard InChI is InChI=1S/C20H19F2NO5/c21-15-3-1-14(9-16(15)22)12-23(6-5-20(25)26)19(24)11-13-2-4-17-18(10-13)28-8-7-27-17/h1-4,9-10H,5-8,11-12H2,(H,25,26). The fourth-order valence-electron chi connectivity index (χ4n) is 2.87. The molecule has 0 fully saturated rings. The zero-order chi connectivity index (χ0) is 20.1. The fourth-order valence-corrected chi connectivity index (χ4v) is 2.87. The molecular weight excluding hydrogens is 372 g/mol. The highest BCUT2D eigenvalue weighted by Gasteiger charge is 2.19. The maximum absolute atomic E-state index is 13.5. The zero-order valence-electron chi connectivity index (χ0n) is 15.0. The lowest BCUT2D eigenvalue weighted by Gasteiger charge is -2.23. The van der Waals surface area contributed by atoms with Gasteiger partial charge in [0.2, 0.25) is 5.91 Å². The number of aliphatic carboxylic acids is 1. The molecular formula is C20H19F2NO5. The van der Waals surface area contributed by atoms with E-state index in [1.54, 1.807) is 18.2 Å². The number of benzene rings is 2. The van der Waals surface area contributed by atoms with E-state index in [1.165, 1.54) is 11.0 Å². The van der Waals surface area contributed by atoms with Gasteiger partial charge < -0.3 is 19.5 Å². The summed E-state index contributed by atoms with van der Waals surface area (Å²) >= 11 is 0. The molecule has 8 heteroatoms. The predicted octanol–water partition coefficient (Wildman–Crippen LogP) is 2.78. The maximum Gasteiger partial charge on any atom is 0.305 e. The number of halogens is 2. The summed E-state index contributed by atoms with van der Waals surface area (Å²) in [5, 5.41) is 8.93. The number of carboxylic acids is 1. The van der Waals surface area contributed by atoms with Crippen LogP contribution in [0.1, 0.15) is 17.5 Å². The molecule has 2 aromatic rings. The average molecular weight is 391 g/mol. The van der Waals surface area contributed by atoms with Crippen LogP contribution < -0.4 is 9.47 Å². The first-order chi connectivity index (χ1) is 13.4. The third-order valence-electron chi connectivity index (χ3n) is 4.27. The number of carbonyl (C=O) groups excluding carboxylic acids is 1. The molecule has 148 valence electrons. The van der Waals surface area contributed by atoms with Crippen LogP contribution in [-0.4, -0.2) is 41.6 Å². The van der Waals surface area contributed by atoms with Crippen molar-refractivity contribution in [2.24, 2.45) is 0 Å². The molecule has 28 heavy (non-hydrogen) atoms. The fraction of sp³-hybridized carbons (Fsp3) is 0.300. The molecule has 1 heterocycles. The molecule has 2 aromatic carbocycles. The predicted molar refractivity (Wildman–Crippen MR) is 95.2 cm³/mol. The number of hydrogen-bond donors (Lipinski definition) is 1. The second-order valence-electron chi connectivity index (χ2n) is 6.36. The van der Waals surface area contributed by atoms with Crippen LogP contribution in [0.5, 0.6) is 11.5 Å². The Morgan fingerprint density at radius 1 is 0.964 bits per heavy atom. The second-order valence-corrected chi connectivity index (χ2v) is 6.36. The second kappa shape index (κ2) is 8.69. The Hall–Kier alpha value is -3.16. The van der Waals surface area contributed by atoms with E-state index in [1.807, 2.05) is 0 Å². The summed E-state index contributed by atoms with van der Waals surface area (Å²) in [6.45, 7) is 0.819. The van der Waals surface area contributed by atoms with Crippen LogP contribution in [0.15, 0.2) is 36.4 Å². The summed E-state index contributed by atoms with van der Waals surface area (Å²) in [6, 6.07) is 8.50. The van der Waals surface area contributed by atoms with Crippen molar-refractivity contribution in [1.29, 1.82) is 0 Å². The lowest BCUT2D eigenvalue weighted by Crippen LogP contribution is -2.33. The summed E-state index contributed by atoms with van der Waals surface area (Å²) in [7, 11) is 0. The van der Waals surface area contributed by atoms with Crippen molar-refractivity contribution in [3.8, 4) is 11.5 Å². The summed E-state index contributed by atoms with van der Waals surface area (Å²) in [5.74, 6) is -2.23. The molecule has 0 unspecified atom stereocenters. The Labute approximate surface area is 160 Å². The minimum absolute atomic E-state index is 0.0138. The quantitative estimate of drug-likeness (QED) is 0.786. The first-order valence-corrected chi connectivity index (χ1v) is 8.74. The maximum atomic E-state index is 13.5. The number of carbonyl (C=O) groups is 2. The van der Waals surface area contributed by atoms with Gasteiger partial charge in [0.25, 0.3) is 0 Å². The Morgan fingerprint density at radius 2 is 1.68 bits per heavy atom. The third kappa shape index (κ3) is 4.97. The number of nitrogens with zero attached hydrogens (tertiary/aromatic N) is 1. The third-order valence-corrected chi connectivity index (χ3v) is 4.27. The smallest absolute Gasteiger partial charge is 0.305 e. The average Bonchev–Trinajstić information content (AvgIpc) is 2.67. The molecule has 0 aromatic heterocycles. The van der Waals surface area contributed by atoms with Crippen molar-refractivity contribution >= 4 is 11.9 Å². The first-order valence-electron chi connectivity index (χ1n) is 8.74. The Balaban J connectivity index is 1.73. The van der Waals surface area contributed by atoms with E-state index < -0.39 is 17.6 Å². The Bertz CT molecular complexity index is 887. The van der Waals surface area contributed by atoms with E-state index in [-0.39, 0.29) is 31.8 Å². The highest BCUT2D eigenvalue weighted by molar-refractivity contribution is 5.79. The monoisotopic (exact) mass is 391 g/mol. The lowest BCUT2D eigenvalue weighted by molar-refractivity contribution is -0.138. The summed E-state index contributed by atoms with van der Waals surface area (Å²) in [6.07, 6.45) is -0.240. The molecule has 1 aliphatic rings. The molecule has 0 spiro atoms. The molecule has 0 saturated carbocycles. The molecule has 3 rings (SSSR count). The van der Waals surface area contributed by atoms with Crippen LogP contribution in [0.3, 0.4) is 0 Å². The van der Waals surface area contributed by atoms with Crippen molar-refractivity contribution in [2.45, 2.75) is 19.4 Å². The van der Waals surface area contributed by atoms with Gasteiger partial charge in [0.1, 0.15) is 13.2 Å². The van der Waals surface area contributed by atoms with Gasteiger partial charge in [-0.05, 0) is 35.4 Å². The molecule has 0 aliphatic carbocycles. The largest absolute Gasteiger partial charge is 0.486 e. The van der Waals surface area contributed by atoms with Gasteiger partial charge in [-0.25, -0.2) is 8.78 Å². The van der Waals surface area contributed by atoms with E-state index in [0.29, 0.717) is 35.8 Å². The number of fused-ring (bicyclic) bond motifs is 1. The van der Waals surface area contributed by atoms with Crippen LogP contribution >= 0.6 is 0 Å². The molecule has 1 aliphatic heterocycles. The van der Waals surface area contributed by atoms with E-state index in [0.717, 1.165) is 12.1 Å². The summed E-state index contributed by atoms with van der Waals surface area (Å²) < 4.78 is 37.5. The summed E-state index contributed by atoms with van der Waals surface area (Å²) in [5.41, 5.74) is 1.06. The van der Waals surface area contributed by atoms with Gasteiger partial charge in [-0.2, -0.15) is 0 Å². The van der Waals surface area contributed by atoms with Crippen molar-refractivity contribution < 1.29 is 33.0 Å². The van der Waals surface area contributed by atoms with Gasteiger partial charge in [-0.15, -0.1) is 0 Å². The number of amides is 1. The van der Waals surface area contributed by atoms with Gasteiger partial charge in [-0.1, -0.05) is 12.1 Å². The van der Waals surface area contributed by atoms with Gasteiger partial charge in [0.05, 0.1) is 12.8 Å². The van der Waals surface area contributed by atoms with Gasteiger partial charge in [0.15, 0.2) is 23.1 Å². The molecule has 0 saturated heterocycles. The van der Waals surface area contributed by atoms with Crippen molar-refractivity contribution in [3.05, 3.63) is 59.2 Å². The van der Waals surface area contributed by atoms with Gasteiger partial charge in [0, 0.05) is 13.1 Å². The first kappa shape index (κ1) is 19.6. The van der Waals surface area contributed by atoms with Crippen LogP contribution in [-0.2, 0) is 22.6 Å². The van der Waals surface area contributed by atoms with Crippen LogP contribution in [0.4, 0.5) is 8.78 Å². The van der Waals surface area contributed by atoms with E-state index in [4.69, 9.17) is 14.6 Å². The van der Waals surface area contributed by atoms with E-state index in [2.05, 4.69) is 0 Å². The molecule has 0 radical (unpaired) electrons. The topological polar surface area (TPSA) is 76.1 Å². The highest BCUT2D eigenvalue weighted by atomic mass is 19.2. The van der Waals surface area contributed by atoms with Gasteiger partial charge in [-0.3, -0.25) is 9.59 Å². The molecule has 6 nitrogen and oxygen atoms in total. The van der Waals surface area contributed by atoms with Crippen molar-refractivity contribution in [3.63, 3.8) is 0 Å². The van der Waals surface area contributed by atoms with Crippen LogP contribution in [0.2, 0.25) is 0 Å². The minimum atomic E-state index is -1.05. The van der Waals surface area contributed by atoms with Crippen LogP contribution in [0.25, 0.3) is 0 Å². The molecule has 0 bridgehead atoms. The lowest BCUT2D eigenvalue weighted by atomic mass is 10.1. The Morgan fingerprint density at radius 3 is 2.39 bits per heavy atom. The van der Waals surface area contributed by atoms with E-state index >= 15 is 0 Å². The van der Waals surface area contributed by atoms with Gasteiger partial charge >= 0.3 is 5.97 Å². The SMILES string of the molecule is O=C(O)CCN(Cc1ccc(F)c(F)c1)C(=O)Cc1ccc2c(c1)OCCO2. The Kier molecular flexibility index (Phi) is 6.08. The summed E-state index contributed by atoms with van der Waals surface area (Å²) in [4.78, 5) is 25.0. The highest BCUT2D eigenvalue weighted by Crippen LogP contribution is 2.31. The van der Waals surface area contributed by atoms with E-state index in [9.17, 15) is 18.4 Å². The normalized spacial score (nSPS) is 12.5. The number of rotatable bonds is 7. The zero-order valence-corrected chi connectivity index (χ0v) is 15.0. The molecule has 1 N–H and O–H groups in total.